The lowest BCUT2D eigenvalue weighted by Gasteiger charge is -2.05. The quantitative estimate of drug-likeness (QED) is 0.506. The molecule has 0 atom stereocenters. The minimum atomic E-state index is -0.162. The molecule has 2 amide bonds. The van der Waals surface area contributed by atoms with Crippen molar-refractivity contribution in [3.05, 3.63) is 11.9 Å². The van der Waals surface area contributed by atoms with Crippen molar-refractivity contribution >= 4 is 11.8 Å². The number of hydrogen-bond donors (Lipinski definition) is 3. The van der Waals surface area contributed by atoms with Gasteiger partial charge in [-0.15, -0.1) is 5.10 Å². The summed E-state index contributed by atoms with van der Waals surface area (Å²) >= 11 is 0. The molecule has 0 bridgehead atoms. The van der Waals surface area contributed by atoms with E-state index >= 15 is 0 Å². The molecule has 8 heteroatoms. The van der Waals surface area contributed by atoms with Crippen molar-refractivity contribution in [3.8, 4) is 0 Å². The predicted molar refractivity (Wildman–Crippen MR) is 69.1 cm³/mol. The fourth-order valence-electron chi connectivity index (χ4n) is 1.39. The average molecular weight is 268 g/mol. The second-order valence-corrected chi connectivity index (χ2v) is 4.02. The first-order chi connectivity index (χ1) is 9.11. The highest BCUT2D eigenvalue weighted by Crippen LogP contribution is 1.92. The molecule has 0 saturated heterocycles. The average Bonchev–Trinajstić information content (AvgIpc) is 2.79. The molecule has 0 spiro atoms. The summed E-state index contributed by atoms with van der Waals surface area (Å²) in [5, 5.41) is 16.2. The van der Waals surface area contributed by atoms with E-state index in [1.165, 1.54) is 11.6 Å². The molecule has 0 saturated carbocycles. The van der Waals surface area contributed by atoms with Crippen molar-refractivity contribution in [3.63, 3.8) is 0 Å². The molecule has 1 rings (SSSR count). The number of nitrogens with zero attached hydrogens (tertiary/aromatic N) is 3. The molecular formula is C11H20N6O2. The topological polar surface area (TPSA) is 101 Å². The molecule has 0 unspecified atom stereocenters. The third-order valence-corrected chi connectivity index (χ3v) is 2.27. The Kier molecular flexibility index (Phi) is 6.51. The van der Waals surface area contributed by atoms with E-state index in [1.807, 2.05) is 6.92 Å². The van der Waals surface area contributed by atoms with E-state index in [9.17, 15) is 9.59 Å². The van der Waals surface area contributed by atoms with E-state index < -0.39 is 0 Å². The van der Waals surface area contributed by atoms with Gasteiger partial charge in [-0.2, -0.15) is 0 Å². The van der Waals surface area contributed by atoms with Gasteiger partial charge in [-0.05, 0) is 6.54 Å². The molecule has 0 aliphatic carbocycles. The third kappa shape index (κ3) is 6.51. The van der Waals surface area contributed by atoms with Gasteiger partial charge >= 0.3 is 0 Å². The van der Waals surface area contributed by atoms with Crippen LogP contribution in [0.2, 0.25) is 0 Å². The first-order valence-electron chi connectivity index (χ1n) is 6.22. The number of rotatable bonds is 8. The second-order valence-electron chi connectivity index (χ2n) is 4.02. The Labute approximate surface area is 111 Å². The Morgan fingerprint density at radius 2 is 2.05 bits per heavy atom. The molecule has 8 nitrogen and oxygen atoms in total. The van der Waals surface area contributed by atoms with Gasteiger partial charge in [0.05, 0.1) is 11.9 Å². The molecule has 0 aliphatic rings. The van der Waals surface area contributed by atoms with Crippen molar-refractivity contribution in [1.29, 1.82) is 0 Å². The molecular weight excluding hydrogens is 248 g/mol. The molecule has 1 aromatic heterocycles. The molecule has 0 aromatic carbocycles. The van der Waals surface area contributed by atoms with Crippen LogP contribution in [0.3, 0.4) is 0 Å². The summed E-state index contributed by atoms with van der Waals surface area (Å²) in [5.41, 5.74) is 0.799. The van der Waals surface area contributed by atoms with Gasteiger partial charge in [0.2, 0.25) is 11.8 Å². The molecule has 1 aromatic rings. The maximum absolute atomic E-state index is 11.6. The standard InChI is InChI=1S/C11H20N6O2/c1-3-12-6-10-7-17(16-15-10)8-11(19)14-5-4-13-9(2)18/h7,12H,3-6,8H2,1-2H3,(H,13,18)(H,14,19). The second kappa shape index (κ2) is 8.20. The van der Waals surface area contributed by atoms with Gasteiger partial charge in [-0.25, -0.2) is 4.68 Å². The van der Waals surface area contributed by atoms with Crippen molar-refractivity contribution in [2.75, 3.05) is 19.6 Å². The minimum absolute atomic E-state index is 0.112. The SMILES string of the molecule is CCNCc1cn(CC(=O)NCCNC(C)=O)nn1. The van der Waals surface area contributed by atoms with Gasteiger partial charge in [0.25, 0.3) is 0 Å². The number of aromatic nitrogens is 3. The molecule has 106 valence electrons. The Morgan fingerprint density at radius 3 is 2.74 bits per heavy atom. The molecule has 0 radical (unpaired) electrons. The van der Waals surface area contributed by atoms with Crippen LogP contribution < -0.4 is 16.0 Å². The van der Waals surface area contributed by atoms with E-state index in [4.69, 9.17) is 0 Å². The van der Waals surface area contributed by atoms with Crippen LogP contribution in [0.15, 0.2) is 6.20 Å². The summed E-state index contributed by atoms with van der Waals surface area (Å²) in [7, 11) is 0. The zero-order chi connectivity index (χ0) is 14.1. The molecule has 19 heavy (non-hydrogen) atoms. The molecule has 1 heterocycles. The van der Waals surface area contributed by atoms with Crippen molar-refractivity contribution in [2.24, 2.45) is 0 Å². The lowest BCUT2D eigenvalue weighted by Crippen LogP contribution is -2.35. The molecule has 0 fully saturated rings. The number of nitrogens with one attached hydrogen (secondary N) is 3. The zero-order valence-corrected chi connectivity index (χ0v) is 11.3. The Hall–Kier alpha value is -1.96. The smallest absolute Gasteiger partial charge is 0.241 e. The molecule has 3 N–H and O–H groups in total. The van der Waals surface area contributed by atoms with E-state index in [0.717, 1.165) is 12.2 Å². The van der Waals surface area contributed by atoms with Crippen LogP contribution in [0.25, 0.3) is 0 Å². The first kappa shape index (κ1) is 15.1. The highest BCUT2D eigenvalue weighted by Gasteiger charge is 2.05. The summed E-state index contributed by atoms with van der Waals surface area (Å²) in [6.07, 6.45) is 1.73. The maximum atomic E-state index is 11.6. The van der Waals surface area contributed by atoms with Crippen LogP contribution in [0.5, 0.6) is 0 Å². The van der Waals surface area contributed by atoms with Crippen LogP contribution in [0.4, 0.5) is 0 Å². The lowest BCUT2D eigenvalue weighted by molar-refractivity contribution is -0.122. The van der Waals surface area contributed by atoms with Crippen LogP contribution in [-0.4, -0.2) is 46.4 Å². The summed E-state index contributed by atoms with van der Waals surface area (Å²) < 4.78 is 1.49. The predicted octanol–water partition coefficient (Wildman–Crippen LogP) is -1.36. The van der Waals surface area contributed by atoms with Crippen LogP contribution >= 0.6 is 0 Å². The van der Waals surface area contributed by atoms with Gasteiger partial charge in [0.15, 0.2) is 0 Å². The van der Waals surface area contributed by atoms with Gasteiger partial charge in [-0.3, -0.25) is 9.59 Å². The lowest BCUT2D eigenvalue weighted by atomic mass is 10.4. The zero-order valence-electron chi connectivity index (χ0n) is 11.3. The number of hydrogen-bond acceptors (Lipinski definition) is 5. The fraction of sp³-hybridized carbons (Fsp3) is 0.636. The van der Waals surface area contributed by atoms with Crippen molar-refractivity contribution < 1.29 is 9.59 Å². The van der Waals surface area contributed by atoms with Gasteiger partial charge in [-0.1, -0.05) is 12.1 Å². The summed E-state index contributed by atoms with van der Waals surface area (Å²) in [5.74, 6) is -0.274. The first-order valence-corrected chi connectivity index (χ1v) is 6.22. The van der Waals surface area contributed by atoms with E-state index in [-0.39, 0.29) is 18.4 Å². The van der Waals surface area contributed by atoms with E-state index in [1.54, 1.807) is 6.20 Å². The summed E-state index contributed by atoms with van der Waals surface area (Å²) in [6.45, 7) is 5.88. The van der Waals surface area contributed by atoms with Crippen LogP contribution in [-0.2, 0) is 22.7 Å². The Bertz CT molecular complexity index is 417. The Morgan fingerprint density at radius 1 is 1.32 bits per heavy atom. The number of carbonyl (C=O) groups is 2. The largest absolute Gasteiger partial charge is 0.355 e. The third-order valence-electron chi connectivity index (χ3n) is 2.27. The Balaban J connectivity index is 2.24. The van der Waals surface area contributed by atoms with Crippen LogP contribution in [0.1, 0.15) is 19.5 Å². The van der Waals surface area contributed by atoms with Crippen molar-refractivity contribution in [2.45, 2.75) is 26.9 Å². The van der Waals surface area contributed by atoms with Gasteiger partial charge in [0.1, 0.15) is 6.54 Å². The monoisotopic (exact) mass is 268 g/mol. The number of carbonyl (C=O) groups excluding carboxylic acids is 2. The normalized spacial score (nSPS) is 10.2. The fourth-order valence-corrected chi connectivity index (χ4v) is 1.39. The highest BCUT2D eigenvalue weighted by molar-refractivity contribution is 5.76. The maximum Gasteiger partial charge on any atom is 0.241 e. The molecule has 0 aliphatic heterocycles. The van der Waals surface area contributed by atoms with Crippen LogP contribution in [0, 0.1) is 0 Å². The van der Waals surface area contributed by atoms with Gasteiger partial charge in [0, 0.05) is 26.6 Å². The van der Waals surface area contributed by atoms with E-state index in [2.05, 4.69) is 26.3 Å². The highest BCUT2D eigenvalue weighted by atomic mass is 16.2. The van der Waals surface area contributed by atoms with Crippen molar-refractivity contribution in [1.82, 2.24) is 30.9 Å². The van der Waals surface area contributed by atoms with Gasteiger partial charge < -0.3 is 16.0 Å². The number of amides is 2. The van der Waals surface area contributed by atoms with E-state index in [0.29, 0.717) is 19.6 Å². The summed E-state index contributed by atoms with van der Waals surface area (Å²) in [6, 6.07) is 0. The summed E-state index contributed by atoms with van der Waals surface area (Å²) in [4.78, 5) is 22.2. The minimum Gasteiger partial charge on any atom is -0.355 e.